The molecule has 26 heavy (non-hydrogen) atoms. The van der Waals surface area contributed by atoms with Gasteiger partial charge in [0.1, 0.15) is 0 Å². The van der Waals surface area contributed by atoms with Gasteiger partial charge in [-0.2, -0.15) is 0 Å². The van der Waals surface area contributed by atoms with Crippen LogP contribution in [0.5, 0.6) is 0 Å². The van der Waals surface area contributed by atoms with E-state index in [9.17, 15) is 0 Å². The standard InChI is InChI=1S/C18H15N5OS2/c1-12(15-20-21-16(24-15)13-8-4-2-5-9-13)25-18-23-22-17(26-18)19-14-10-6-3-7-11-14/h2-12H,1H3,(H,19,22)/t12-/m0/s1. The van der Waals surface area contributed by atoms with E-state index in [0.717, 1.165) is 20.7 Å². The summed E-state index contributed by atoms with van der Waals surface area (Å²) in [5.41, 5.74) is 1.89. The van der Waals surface area contributed by atoms with E-state index < -0.39 is 0 Å². The Morgan fingerprint density at radius 1 is 0.923 bits per heavy atom. The van der Waals surface area contributed by atoms with Crippen molar-refractivity contribution in [3.05, 3.63) is 66.6 Å². The van der Waals surface area contributed by atoms with Crippen LogP contribution in [0.3, 0.4) is 0 Å². The minimum atomic E-state index is -0.0162. The smallest absolute Gasteiger partial charge is 0.247 e. The van der Waals surface area contributed by atoms with Crippen molar-refractivity contribution in [1.82, 2.24) is 20.4 Å². The Morgan fingerprint density at radius 3 is 2.42 bits per heavy atom. The summed E-state index contributed by atoms with van der Waals surface area (Å²) in [6, 6.07) is 19.6. The van der Waals surface area contributed by atoms with Gasteiger partial charge < -0.3 is 9.73 Å². The van der Waals surface area contributed by atoms with E-state index >= 15 is 0 Å². The third-order valence-electron chi connectivity index (χ3n) is 3.52. The van der Waals surface area contributed by atoms with Crippen LogP contribution in [0.25, 0.3) is 11.5 Å². The maximum absolute atomic E-state index is 5.80. The van der Waals surface area contributed by atoms with Crippen LogP contribution in [-0.2, 0) is 0 Å². The molecule has 0 fully saturated rings. The first-order valence-corrected chi connectivity index (χ1v) is 9.68. The third kappa shape index (κ3) is 3.92. The molecule has 0 unspecified atom stereocenters. The molecule has 2 aromatic carbocycles. The van der Waals surface area contributed by atoms with Gasteiger partial charge in [-0.1, -0.05) is 59.5 Å². The van der Waals surface area contributed by atoms with Crippen LogP contribution < -0.4 is 5.32 Å². The number of hydrogen-bond acceptors (Lipinski definition) is 8. The number of aromatic nitrogens is 4. The van der Waals surface area contributed by atoms with Crippen molar-refractivity contribution in [1.29, 1.82) is 0 Å². The molecule has 4 aromatic rings. The van der Waals surface area contributed by atoms with Crippen molar-refractivity contribution in [2.45, 2.75) is 16.5 Å². The summed E-state index contributed by atoms with van der Waals surface area (Å²) in [5.74, 6) is 1.10. The lowest BCUT2D eigenvalue weighted by Crippen LogP contribution is -1.88. The Morgan fingerprint density at radius 2 is 1.65 bits per heavy atom. The van der Waals surface area contributed by atoms with Gasteiger partial charge in [-0.25, -0.2) is 0 Å². The Balaban J connectivity index is 1.42. The Bertz CT molecular complexity index is 971. The highest BCUT2D eigenvalue weighted by Gasteiger charge is 2.18. The number of para-hydroxylation sites is 1. The molecule has 8 heteroatoms. The molecule has 2 aromatic heterocycles. The average Bonchev–Trinajstić information content (AvgIpc) is 3.33. The molecule has 0 aliphatic heterocycles. The van der Waals surface area contributed by atoms with E-state index in [0.29, 0.717) is 11.8 Å². The monoisotopic (exact) mass is 381 g/mol. The first-order valence-electron chi connectivity index (χ1n) is 7.99. The fraction of sp³-hybridized carbons (Fsp3) is 0.111. The summed E-state index contributed by atoms with van der Waals surface area (Å²) in [4.78, 5) is 0. The molecule has 4 rings (SSSR count). The lowest BCUT2D eigenvalue weighted by molar-refractivity contribution is 0.509. The van der Waals surface area contributed by atoms with Gasteiger partial charge in [-0.05, 0) is 31.2 Å². The minimum absolute atomic E-state index is 0.0162. The van der Waals surface area contributed by atoms with Crippen LogP contribution in [0.1, 0.15) is 18.1 Å². The molecular weight excluding hydrogens is 366 g/mol. The largest absolute Gasteiger partial charge is 0.419 e. The van der Waals surface area contributed by atoms with Gasteiger partial charge in [0.15, 0.2) is 4.34 Å². The predicted molar refractivity (Wildman–Crippen MR) is 104 cm³/mol. The van der Waals surface area contributed by atoms with Crippen LogP contribution in [-0.4, -0.2) is 20.4 Å². The first kappa shape index (κ1) is 16.7. The highest BCUT2D eigenvalue weighted by molar-refractivity contribution is 8.01. The van der Waals surface area contributed by atoms with Crippen LogP contribution >= 0.6 is 23.1 Å². The molecule has 0 aliphatic rings. The van der Waals surface area contributed by atoms with Crippen molar-refractivity contribution < 1.29 is 4.42 Å². The molecule has 0 saturated heterocycles. The second-order valence-electron chi connectivity index (χ2n) is 5.44. The minimum Gasteiger partial charge on any atom is -0.419 e. The van der Waals surface area contributed by atoms with Gasteiger partial charge in [0.2, 0.25) is 16.9 Å². The summed E-state index contributed by atoms with van der Waals surface area (Å²) < 4.78 is 6.65. The van der Waals surface area contributed by atoms with Crippen molar-refractivity contribution in [3.8, 4) is 11.5 Å². The number of nitrogens with one attached hydrogen (secondary N) is 1. The summed E-state index contributed by atoms with van der Waals surface area (Å²) in [6.45, 7) is 2.01. The predicted octanol–water partition coefficient (Wildman–Crippen LogP) is 5.19. The maximum atomic E-state index is 5.80. The first-order chi connectivity index (χ1) is 12.8. The van der Waals surface area contributed by atoms with Crippen LogP contribution in [0.2, 0.25) is 0 Å². The molecular formula is C18H15N5OS2. The molecule has 1 atom stereocenters. The second kappa shape index (κ2) is 7.67. The van der Waals surface area contributed by atoms with E-state index in [-0.39, 0.29) is 5.25 Å². The van der Waals surface area contributed by atoms with Gasteiger partial charge in [-0.3, -0.25) is 0 Å². The SMILES string of the molecule is C[C@H](Sc1nnc(Nc2ccccc2)s1)c1nnc(-c2ccccc2)o1. The summed E-state index contributed by atoms with van der Waals surface area (Å²) in [7, 11) is 0. The Labute approximate surface area is 158 Å². The molecule has 2 heterocycles. The molecule has 130 valence electrons. The fourth-order valence-corrected chi connectivity index (χ4v) is 4.20. The van der Waals surface area contributed by atoms with Crippen molar-refractivity contribution >= 4 is 33.9 Å². The molecule has 0 amide bonds. The van der Waals surface area contributed by atoms with Crippen molar-refractivity contribution in [2.24, 2.45) is 0 Å². The Kier molecular flexibility index (Phi) is 4.94. The second-order valence-corrected chi connectivity index (χ2v) is 8.00. The van der Waals surface area contributed by atoms with E-state index in [1.165, 1.54) is 11.3 Å². The number of thioether (sulfide) groups is 1. The summed E-state index contributed by atoms with van der Waals surface area (Å²) in [6.07, 6.45) is 0. The zero-order valence-corrected chi connectivity index (χ0v) is 15.5. The Hall–Kier alpha value is -2.71. The van der Waals surface area contributed by atoms with Gasteiger partial charge >= 0.3 is 0 Å². The molecule has 0 aliphatic carbocycles. The number of hydrogen-bond donors (Lipinski definition) is 1. The average molecular weight is 381 g/mol. The van der Waals surface area contributed by atoms with Crippen LogP contribution in [0.15, 0.2) is 69.4 Å². The summed E-state index contributed by atoms with van der Waals surface area (Å²) >= 11 is 3.04. The van der Waals surface area contributed by atoms with E-state index in [1.54, 1.807) is 11.8 Å². The maximum Gasteiger partial charge on any atom is 0.247 e. The zero-order chi connectivity index (χ0) is 17.8. The molecule has 0 saturated carbocycles. The topological polar surface area (TPSA) is 76.7 Å². The molecule has 6 nitrogen and oxygen atoms in total. The van der Waals surface area contributed by atoms with Crippen molar-refractivity contribution in [2.75, 3.05) is 5.32 Å². The third-order valence-corrected chi connectivity index (χ3v) is 5.53. The van der Waals surface area contributed by atoms with Gasteiger partial charge in [0, 0.05) is 11.3 Å². The van der Waals surface area contributed by atoms with Gasteiger partial charge in [-0.15, -0.1) is 20.4 Å². The number of benzene rings is 2. The van der Waals surface area contributed by atoms with Crippen LogP contribution in [0, 0.1) is 0 Å². The zero-order valence-electron chi connectivity index (χ0n) is 13.9. The number of rotatable bonds is 6. The fourth-order valence-electron chi connectivity index (χ4n) is 2.25. The van der Waals surface area contributed by atoms with E-state index in [1.807, 2.05) is 67.6 Å². The van der Waals surface area contributed by atoms with E-state index in [2.05, 4.69) is 25.7 Å². The van der Waals surface area contributed by atoms with Gasteiger partial charge in [0.05, 0.1) is 5.25 Å². The van der Waals surface area contributed by atoms with E-state index in [4.69, 9.17) is 4.42 Å². The number of anilines is 2. The molecule has 1 N–H and O–H groups in total. The number of nitrogens with zero attached hydrogens (tertiary/aromatic N) is 4. The van der Waals surface area contributed by atoms with Crippen molar-refractivity contribution in [3.63, 3.8) is 0 Å². The highest BCUT2D eigenvalue weighted by Crippen LogP contribution is 2.38. The molecule has 0 spiro atoms. The van der Waals surface area contributed by atoms with Gasteiger partial charge in [0.25, 0.3) is 0 Å². The summed E-state index contributed by atoms with van der Waals surface area (Å²) in [5, 5.41) is 20.7. The molecule has 0 bridgehead atoms. The lowest BCUT2D eigenvalue weighted by atomic mass is 10.2. The highest BCUT2D eigenvalue weighted by atomic mass is 32.2. The van der Waals surface area contributed by atoms with Crippen LogP contribution in [0.4, 0.5) is 10.8 Å². The quantitative estimate of drug-likeness (QED) is 0.461. The normalized spacial score (nSPS) is 12.0. The lowest BCUT2D eigenvalue weighted by Gasteiger charge is -2.02. The molecule has 0 radical (unpaired) electrons.